The van der Waals surface area contributed by atoms with Gasteiger partial charge in [0.2, 0.25) is 9.47 Å². The second kappa shape index (κ2) is 5.00. The van der Waals surface area contributed by atoms with Gasteiger partial charge >= 0.3 is 0 Å². The molecule has 0 saturated heterocycles. The SMILES string of the molecule is Cc1cccc(Cl)c1NC(=O)c1nnc(Cl)s1. The van der Waals surface area contributed by atoms with E-state index in [-0.39, 0.29) is 15.4 Å². The van der Waals surface area contributed by atoms with E-state index in [1.54, 1.807) is 6.07 Å². The zero-order chi connectivity index (χ0) is 12.4. The molecule has 1 N–H and O–H groups in total. The van der Waals surface area contributed by atoms with Gasteiger partial charge in [-0.3, -0.25) is 4.79 Å². The summed E-state index contributed by atoms with van der Waals surface area (Å²) in [6.45, 7) is 1.86. The fourth-order valence-electron chi connectivity index (χ4n) is 1.25. The Morgan fingerprint density at radius 1 is 1.35 bits per heavy atom. The Morgan fingerprint density at radius 3 is 2.71 bits per heavy atom. The Kier molecular flexibility index (Phi) is 3.61. The van der Waals surface area contributed by atoms with E-state index in [2.05, 4.69) is 15.5 Å². The van der Waals surface area contributed by atoms with Crippen LogP contribution in [0.3, 0.4) is 0 Å². The highest BCUT2D eigenvalue weighted by molar-refractivity contribution is 7.17. The van der Waals surface area contributed by atoms with Crippen LogP contribution in [0, 0.1) is 6.92 Å². The van der Waals surface area contributed by atoms with E-state index in [4.69, 9.17) is 23.2 Å². The first-order valence-corrected chi connectivity index (χ1v) is 6.20. The normalized spacial score (nSPS) is 10.3. The lowest BCUT2D eigenvalue weighted by atomic mass is 10.2. The maximum atomic E-state index is 11.8. The zero-order valence-corrected chi connectivity index (χ0v) is 11.0. The molecule has 7 heteroatoms. The molecule has 0 aliphatic carbocycles. The molecule has 2 rings (SSSR count). The summed E-state index contributed by atoms with van der Waals surface area (Å²) >= 11 is 12.6. The Bertz CT molecular complexity index is 550. The first kappa shape index (κ1) is 12.3. The highest BCUT2D eigenvalue weighted by Gasteiger charge is 2.14. The summed E-state index contributed by atoms with van der Waals surface area (Å²) in [6.07, 6.45) is 0. The number of amides is 1. The fraction of sp³-hybridized carbons (Fsp3) is 0.100. The van der Waals surface area contributed by atoms with E-state index in [0.29, 0.717) is 10.7 Å². The third-order valence-electron chi connectivity index (χ3n) is 2.06. The molecule has 0 bridgehead atoms. The van der Waals surface area contributed by atoms with Crippen molar-refractivity contribution in [1.82, 2.24) is 10.2 Å². The number of anilines is 1. The third-order valence-corrected chi connectivity index (χ3v) is 3.39. The topological polar surface area (TPSA) is 54.9 Å². The highest BCUT2D eigenvalue weighted by Crippen LogP contribution is 2.26. The van der Waals surface area contributed by atoms with Crippen molar-refractivity contribution in [3.05, 3.63) is 38.3 Å². The molecule has 17 heavy (non-hydrogen) atoms. The minimum Gasteiger partial charge on any atom is -0.318 e. The molecule has 88 valence electrons. The van der Waals surface area contributed by atoms with Gasteiger partial charge in [-0.05, 0) is 30.2 Å². The molecule has 0 radical (unpaired) electrons. The van der Waals surface area contributed by atoms with Crippen LogP contribution in [0.1, 0.15) is 15.4 Å². The smallest absolute Gasteiger partial charge is 0.286 e. The molecular formula is C10H7Cl2N3OS. The number of aromatic nitrogens is 2. The van der Waals surface area contributed by atoms with Crippen molar-refractivity contribution in [2.75, 3.05) is 5.32 Å². The van der Waals surface area contributed by atoms with Gasteiger partial charge in [-0.1, -0.05) is 35.1 Å². The first-order chi connectivity index (χ1) is 8.08. The van der Waals surface area contributed by atoms with Crippen LogP contribution in [0.4, 0.5) is 5.69 Å². The van der Waals surface area contributed by atoms with E-state index in [0.717, 1.165) is 16.9 Å². The lowest BCUT2D eigenvalue weighted by Gasteiger charge is -2.08. The summed E-state index contributed by atoms with van der Waals surface area (Å²) < 4.78 is 0.228. The van der Waals surface area contributed by atoms with Crippen LogP contribution in [0.15, 0.2) is 18.2 Å². The van der Waals surface area contributed by atoms with E-state index in [1.807, 2.05) is 19.1 Å². The van der Waals surface area contributed by atoms with Crippen LogP contribution in [0.5, 0.6) is 0 Å². The largest absolute Gasteiger partial charge is 0.318 e. The van der Waals surface area contributed by atoms with E-state index in [9.17, 15) is 4.79 Å². The number of halogens is 2. The van der Waals surface area contributed by atoms with Crippen molar-refractivity contribution < 1.29 is 4.79 Å². The van der Waals surface area contributed by atoms with Crippen molar-refractivity contribution in [2.24, 2.45) is 0 Å². The van der Waals surface area contributed by atoms with Crippen LogP contribution in [-0.4, -0.2) is 16.1 Å². The van der Waals surface area contributed by atoms with Crippen LogP contribution in [-0.2, 0) is 0 Å². The number of hydrogen-bond acceptors (Lipinski definition) is 4. The number of carbonyl (C=O) groups excluding carboxylic acids is 1. The monoisotopic (exact) mass is 287 g/mol. The average Bonchev–Trinajstić information content (AvgIpc) is 2.70. The minimum absolute atomic E-state index is 0.203. The molecular weight excluding hydrogens is 281 g/mol. The minimum atomic E-state index is -0.370. The number of rotatable bonds is 2. The number of carbonyl (C=O) groups is 1. The maximum Gasteiger partial charge on any atom is 0.286 e. The second-order valence-electron chi connectivity index (χ2n) is 3.25. The predicted octanol–water partition coefficient (Wildman–Crippen LogP) is 3.41. The van der Waals surface area contributed by atoms with Crippen molar-refractivity contribution in [3.63, 3.8) is 0 Å². The summed E-state index contributed by atoms with van der Waals surface area (Å²) in [7, 11) is 0. The van der Waals surface area contributed by atoms with Gasteiger partial charge in [0.25, 0.3) is 5.91 Å². The van der Waals surface area contributed by atoms with Crippen LogP contribution < -0.4 is 5.32 Å². The van der Waals surface area contributed by atoms with Crippen molar-refractivity contribution in [3.8, 4) is 0 Å². The van der Waals surface area contributed by atoms with Gasteiger partial charge in [-0.15, -0.1) is 10.2 Å². The summed E-state index contributed by atoms with van der Waals surface area (Å²) in [5.74, 6) is -0.370. The molecule has 1 heterocycles. The summed E-state index contributed by atoms with van der Waals surface area (Å²) in [6, 6.07) is 5.38. The lowest BCUT2D eigenvalue weighted by molar-refractivity contribution is 0.102. The summed E-state index contributed by atoms with van der Waals surface area (Å²) in [4.78, 5) is 11.8. The quantitative estimate of drug-likeness (QED) is 0.921. The molecule has 0 aliphatic heterocycles. The van der Waals surface area contributed by atoms with E-state index < -0.39 is 0 Å². The Morgan fingerprint density at radius 2 is 2.12 bits per heavy atom. The fourth-order valence-corrected chi connectivity index (χ4v) is 2.25. The van der Waals surface area contributed by atoms with E-state index in [1.165, 1.54) is 0 Å². The molecule has 0 fully saturated rings. The highest BCUT2D eigenvalue weighted by atomic mass is 35.5. The molecule has 0 aliphatic rings. The maximum absolute atomic E-state index is 11.8. The summed E-state index contributed by atoms with van der Waals surface area (Å²) in [5, 5.41) is 10.6. The van der Waals surface area contributed by atoms with Gasteiger partial charge in [0.05, 0.1) is 10.7 Å². The number of nitrogens with one attached hydrogen (secondary N) is 1. The molecule has 0 saturated carbocycles. The Balaban J connectivity index is 2.24. The summed E-state index contributed by atoms with van der Waals surface area (Å²) in [5.41, 5.74) is 1.45. The van der Waals surface area contributed by atoms with E-state index >= 15 is 0 Å². The molecule has 1 amide bonds. The molecule has 1 aromatic heterocycles. The molecule has 4 nitrogen and oxygen atoms in total. The van der Waals surface area contributed by atoms with Gasteiger partial charge in [-0.2, -0.15) is 0 Å². The second-order valence-corrected chi connectivity index (χ2v) is 5.21. The van der Waals surface area contributed by atoms with Crippen molar-refractivity contribution in [1.29, 1.82) is 0 Å². The first-order valence-electron chi connectivity index (χ1n) is 4.63. The molecule has 2 aromatic rings. The number of para-hydroxylation sites is 1. The molecule has 0 spiro atoms. The van der Waals surface area contributed by atoms with Crippen LogP contribution in [0.2, 0.25) is 9.49 Å². The molecule has 0 atom stereocenters. The van der Waals surface area contributed by atoms with Gasteiger partial charge in [0, 0.05) is 0 Å². The van der Waals surface area contributed by atoms with Crippen LogP contribution >= 0.6 is 34.5 Å². The van der Waals surface area contributed by atoms with Crippen molar-refractivity contribution in [2.45, 2.75) is 6.92 Å². The molecule has 0 unspecified atom stereocenters. The molecule has 1 aromatic carbocycles. The third kappa shape index (κ3) is 2.74. The number of benzene rings is 1. The average molecular weight is 288 g/mol. The predicted molar refractivity (Wildman–Crippen MR) is 69.1 cm³/mol. The Hall–Kier alpha value is -1.17. The van der Waals surface area contributed by atoms with Gasteiger partial charge < -0.3 is 5.32 Å². The number of aryl methyl sites for hydroxylation is 1. The van der Waals surface area contributed by atoms with Gasteiger partial charge in [0.15, 0.2) is 0 Å². The number of hydrogen-bond donors (Lipinski definition) is 1. The number of nitrogens with zero attached hydrogens (tertiary/aromatic N) is 2. The zero-order valence-electron chi connectivity index (χ0n) is 8.70. The standard InChI is InChI=1S/C10H7Cl2N3OS/c1-5-3-2-4-6(11)7(5)13-8(16)9-14-15-10(12)17-9/h2-4H,1H3,(H,13,16). The van der Waals surface area contributed by atoms with Gasteiger partial charge in [-0.25, -0.2) is 0 Å². The van der Waals surface area contributed by atoms with Crippen molar-refractivity contribution >= 4 is 46.1 Å². The van der Waals surface area contributed by atoms with Gasteiger partial charge in [0.1, 0.15) is 0 Å². The Labute approximate surface area is 112 Å². The lowest BCUT2D eigenvalue weighted by Crippen LogP contribution is -2.12. The van der Waals surface area contributed by atoms with Crippen LogP contribution in [0.25, 0.3) is 0 Å².